The number of fused-ring (bicyclic) bond motifs is 3. The average Bonchev–Trinajstić information content (AvgIpc) is 3.11. The van der Waals surface area contributed by atoms with Gasteiger partial charge in [0.25, 0.3) is 5.56 Å². The Morgan fingerprint density at radius 1 is 1.26 bits per heavy atom. The quantitative estimate of drug-likeness (QED) is 0.854. The van der Waals surface area contributed by atoms with E-state index in [1.54, 1.807) is 7.05 Å². The number of amides is 1. The minimum absolute atomic E-state index is 0.0649. The Hall–Kier alpha value is -2.15. The predicted octanol–water partition coefficient (Wildman–Crippen LogP) is 1.55. The molecule has 2 aromatic heterocycles. The van der Waals surface area contributed by atoms with Gasteiger partial charge in [-0.05, 0) is 57.1 Å². The number of nitrogens with zero attached hydrogens (tertiary/aromatic N) is 3. The standard InChI is InChI=1S/C20H29N5O2/c1-11-16(12(2)21-19-18(11)20(27)25(4)23-19)7-8-17(26)24(3)15-9-13-5-6-14(10-15)22-13/h13-15,22H,5-10H2,1-4H3,(H,21,23). The number of piperidine rings is 1. The van der Waals surface area contributed by atoms with Gasteiger partial charge in [0.05, 0.1) is 5.39 Å². The second kappa shape index (κ2) is 6.78. The molecule has 4 rings (SSSR count). The topological polar surface area (TPSA) is 83.0 Å². The van der Waals surface area contributed by atoms with Gasteiger partial charge in [-0.3, -0.25) is 19.4 Å². The first-order valence-corrected chi connectivity index (χ1v) is 9.91. The maximum Gasteiger partial charge on any atom is 0.276 e. The van der Waals surface area contributed by atoms with Gasteiger partial charge in [-0.2, -0.15) is 0 Å². The molecule has 2 unspecified atom stereocenters. The molecule has 0 saturated carbocycles. The van der Waals surface area contributed by atoms with Crippen molar-refractivity contribution < 1.29 is 4.79 Å². The summed E-state index contributed by atoms with van der Waals surface area (Å²) in [7, 11) is 3.64. The normalized spacial score (nSPS) is 24.5. The smallest absolute Gasteiger partial charge is 0.276 e. The van der Waals surface area contributed by atoms with Crippen LogP contribution in [0.2, 0.25) is 0 Å². The van der Waals surface area contributed by atoms with Gasteiger partial charge in [-0.25, -0.2) is 4.98 Å². The Bertz CT molecular complexity index is 932. The molecule has 2 N–H and O–H groups in total. The highest BCUT2D eigenvalue weighted by Crippen LogP contribution is 2.29. The molecule has 2 aromatic rings. The van der Waals surface area contributed by atoms with Gasteiger partial charge in [-0.15, -0.1) is 0 Å². The minimum atomic E-state index is -0.0649. The van der Waals surface area contributed by atoms with E-state index >= 15 is 0 Å². The molecule has 2 aliphatic heterocycles. The van der Waals surface area contributed by atoms with Crippen LogP contribution in [0.15, 0.2) is 4.79 Å². The summed E-state index contributed by atoms with van der Waals surface area (Å²) in [4.78, 5) is 31.7. The number of hydrogen-bond acceptors (Lipinski definition) is 4. The first kappa shape index (κ1) is 18.2. The van der Waals surface area contributed by atoms with E-state index in [4.69, 9.17) is 0 Å². The third-order valence-electron chi connectivity index (χ3n) is 6.55. The highest BCUT2D eigenvalue weighted by Gasteiger charge is 2.36. The number of carbonyl (C=O) groups is 1. The van der Waals surface area contributed by atoms with Gasteiger partial charge >= 0.3 is 0 Å². The summed E-state index contributed by atoms with van der Waals surface area (Å²) < 4.78 is 1.46. The number of H-pyrrole nitrogens is 1. The molecule has 27 heavy (non-hydrogen) atoms. The Labute approximate surface area is 159 Å². The van der Waals surface area contributed by atoms with E-state index in [0.717, 1.165) is 29.7 Å². The molecule has 0 radical (unpaired) electrons. The SMILES string of the molecule is Cc1nc2[nH]n(C)c(=O)c2c(C)c1CCC(=O)N(C)C1CC2CCC(C1)N2. The molecule has 0 spiro atoms. The molecule has 4 heterocycles. The number of hydrogen-bond donors (Lipinski definition) is 2. The molecular weight excluding hydrogens is 342 g/mol. The second-order valence-corrected chi connectivity index (χ2v) is 8.27. The average molecular weight is 371 g/mol. The maximum atomic E-state index is 12.8. The highest BCUT2D eigenvalue weighted by molar-refractivity contribution is 5.80. The van der Waals surface area contributed by atoms with Crippen molar-refractivity contribution in [3.05, 3.63) is 27.2 Å². The fourth-order valence-electron chi connectivity index (χ4n) is 4.93. The third-order valence-corrected chi connectivity index (χ3v) is 6.55. The summed E-state index contributed by atoms with van der Waals surface area (Å²) in [6.07, 6.45) is 5.66. The van der Waals surface area contributed by atoms with Crippen molar-refractivity contribution in [2.24, 2.45) is 7.05 Å². The van der Waals surface area contributed by atoms with Crippen LogP contribution in [-0.2, 0) is 18.3 Å². The Kier molecular flexibility index (Phi) is 4.58. The van der Waals surface area contributed by atoms with Gasteiger partial charge in [0.2, 0.25) is 5.91 Å². The summed E-state index contributed by atoms with van der Waals surface area (Å²) in [6.45, 7) is 3.91. The zero-order valence-corrected chi connectivity index (χ0v) is 16.6. The summed E-state index contributed by atoms with van der Waals surface area (Å²) in [5, 5.41) is 7.25. The van der Waals surface area contributed by atoms with Crippen LogP contribution in [0.1, 0.15) is 48.9 Å². The summed E-state index contributed by atoms with van der Waals surface area (Å²) in [6, 6.07) is 1.49. The lowest BCUT2D eigenvalue weighted by Crippen LogP contribution is -2.48. The number of aromatic amines is 1. The molecule has 2 saturated heterocycles. The summed E-state index contributed by atoms with van der Waals surface area (Å²) in [5.74, 6) is 0.183. The lowest BCUT2D eigenvalue weighted by Gasteiger charge is -2.35. The van der Waals surface area contributed by atoms with Crippen molar-refractivity contribution >= 4 is 16.9 Å². The fraction of sp³-hybridized carbons (Fsp3) is 0.650. The van der Waals surface area contributed by atoms with Crippen molar-refractivity contribution in [1.82, 2.24) is 25.0 Å². The molecule has 2 bridgehead atoms. The molecule has 2 atom stereocenters. The van der Waals surface area contributed by atoms with Crippen molar-refractivity contribution in [2.75, 3.05) is 7.05 Å². The molecule has 1 amide bonds. The fourth-order valence-corrected chi connectivity index (χ4v) is 4.93. The second-order valence-electron chi connectivity index (χ2n) is 8.27. The maximum absolute atomic E-state index is 12.8. The lowest BCUT2D eigenvalue weighted by atomic mass is 9.97. The van der Waals surface area contributed by atoms with Crippen molar-refractivity contribution in [3.8, 4) is 0 Å². The Morgan fingerprint density at radius 3 is 2.59 bits per heavy atom. The molecule has 0 aromatic carbocycles. The number of aromatic nitrogens is 3. The van der Waals surface area contributed by atoms with Crippen molar-refractivity contribution in [1.29, 1.82) is 0 Å². The first-order chi connectivity index (χ1) is 12.8. The lowest BCUT2D eigenvalue weighted by molar-refractivity contribution is -0.132. The molecule has 7 heteroatoms. The summed E-state index contributed by atoms with van der Waals surface area (Å²) >= 11 is 0. The van der Waals surface area contributed by atoms with Gasteiger partial charge < -0.3 is 10.2 Å². The van der Waals surface area contributed by atoms with E-state index in [2.05, 4.69) is 15.4 Å². The van der Waals surface area contributed by atoms with E-state index in [1.807, 2.05) is 25.8 Å². The number of carbonyl (C=O) groups excluding carboxylic acids is 1. The van der Waals surface area contributed by atoms with E-state index in [9.17, 15) is 9.59 Å². The molecule has 2 fully saturated rings. The monoisotopic (exact) mass is 371 g/mol. The number of aryl methyl sites for hydroxylation is 3. The Balaban J connectivity index is 1.49. The zero-order chi connectivity index (χ0) is 19.3. The minimum Gasteiger partial charge on any atom is -0.343 e. The van der Waals surface area contributed by atoms with Gasteiger partial charge in [0, 0.05) is 44.3 Å². The summed E-state index contributed by atoms with van der Waals surface area (Å²) in [5.41, 5.74) is 3.40. The molecular formula is C20H29N5O2. The predicted molar refractivity (Wildman–Crippen MR) is 105 cm³/mol. The highest BCUT2D eigenvalue weighted by atomic mass is 16.2. The van der Waals surface area contributed by atoms with Crippen LogP contribution >= 0.6 is 0 Å². The number of nitrogens with one attached hydrogen (secondary N) is 2. The van der Waals surface area contributed by atoms with Crippen LogP contribution in [-0.4, -0.2) is 50.7 Å². The van der Waals surface area contributed by atoms with Gasteiger partial charge in [0.15, 0.2) is 5.65 Å². The molecule has 0 aliphatic carbocycles. The van der Waals surface area contributed by atoms with Crippen LogP contribution in [0.4, 0.5) is 0 Å². The largest absolute Gasteiger partial charge is 0.343 e. The third kappa shape index (κ3) is 3.18. The number of rotatable bonds is 4. The van der Waals surface area contributed by atoms with E-state index in [0.29, 0.717) is 42.0 Å². The Morgan fingerprint density at radius 2 is 1.93 bits per heavy atom. The molecule has 7 nitrogen and oxygen atoms in total. The van der Waals surface area contributed by atoms with Crippen LogP contribution < -0.4 is 10.9 Å². The van der Waals surface area contributed by atoms with Crippen molar-refractivity contribution in [2.45, 2.75) is 70.5 Å². The van der Waals surface area contributed by atoms with Gasteiger partial charge in [0.1, 0.15) is 0 Å². The first-order valence-electron chi connectivity index (χ1n) is 9.91. The van der Waals surface area contributed by atoms with Crippen LogP contribution in [0.25, 0.3) is 11.0 Å². The van der Waals surface area contributed by atoms with Crippen LogP contribution in [0, 0.1) is 13.8 Å². The zero-order valence-electron chi connectivity index (χ0n) is 16.6. The number of pyridine rings is 1. The van der Waals surface area contributed by atoms with Crippen LogP contribution in [0.5, 0.6) is 0 Å². The van der Waals surface area contributed by atoms with E-state index in [1.165, 1.54) is 17.5 Å². The van der Waals surface area contributed by atoms with Crippen LogP contribution in [0.3, 0.4) is 0 Å². The van der Waals surface area contributed by atoms with E-state index in [-0.39, 0.29) is 11.5 Å². The molecule has 146 valence electrons. The van der Waals surface area contributed by atoms with E-state index < -0.39 is 0 Å². The van der Waals surface area contributed by atoms with Crippen molar-refractivity contribution in [3.63, 3.8) is 0 Å². The molecule has 2 aliphatic rings. The van der Waals surface area contributed by atoms with Gasteiger partial charge in [-0.1, -0.05) is 0 Å².